The molecule has 4 aromatic rings. The average molecular weight is 426 g/mol. The minimum absolute atomic E-state index is 0.00491. The average Bonchev–Trinajstić information content (AvgIpc) is 3.39. The summed E-state index contributed by atoms with van der Waals surface area (Å²) in [5.41, 5.74) is 1.31. The van der Waals surface area contributed by atoms with E-state index in [1.54, 1.807) is 72.9 Å². The summed E-state index contributed by atoms with van der Waals surface area (Å²) < 4.78 is 11.1. The number of aliphatic hydroxyl groups is 1. The molecular weight excluding hydrogens is 408 g/mol. The second-order valence-electron chi connectivity index (χ2n) is 7.25. The van der Waals surface area contributed by atoms with Gasteiger partial charge in [-0.25, -0.2) is 0 Å². The minimum Gasteiger partial charge on any atom is -0.503 e. The lowest BCUT2D eigenvalue weighted by Gasteiger charge is -2.25. The van der Waals surface area contributed by atoms with Crippen LogP contribution in [0.15, 0.2) is 94.7 Å². The van der Waals surface area contributed by atoms with Crippen LogP contribution < -0.4 is 9.64 Å². The number of rotatable bonds is 5. The first-order valence-corrected chi connectivity index (χ1v) is 9.94. The Labute approximate surface area is 183 Å². The van der Waals surface area contributed by atoms with E-state index in [4.69, 9.17) is 9.15 Å². The number of Topliss-reactive ketones (excluding diaryl/α,β-unsaturated/α-hetero) is 1. The van der Waals surface area contributed by atoms with E-state index in [0.717, 1.165) is 0 Å². The first kappa shape index (κ1) is 19.6. The summed E-state index contributed by atoms with van der Waals surface area (Å²) in [5.74, 6) is -1.42. The van der Waals surface area contributed by atoms with Crippen molar-refractivity contribution >= 4 is 28.3 Å². The van der Waals surface area contributed by atoms with Gasteiger partial charge in [-0.1, -0.05) is 36.4 Å². The molecule has 1 aliphatic rings. The number of nitrogens with zero attached hydrogens (tertiary/aromatic N) is 2. The van der Waals surface area contributed by atoms with E-state index in [9.17, 15) is 14.7 Å². The summed E-state index contributed by atoms with van der Waals surface area (Å²) >= 11 is 0. The number of aliphatic hydroxyl groups excluding tert-OH is 1. The first-order chi connectivity index (χ1) is 15.6. The van der Waals surface area contributed by atoms with Crippen molar-refractivity contribution in [1.29, 1.82) is 0 Å². The third-order valence-corrected chi connectivity index (χ3v) is 5.41. The lowest BCUT2D eigenvalue weighted by Crippen LogP contribution is -2.31. The number of fused-ring (bicyclic) bond motifs is 1. The van der Waals surface area contributed by atoms with Gasteiger partial charge >= 0.3 is 0 Å². The van der Waals surface area contributed by atoms with Crippen molar-refractivity contribution in [1.82, 2.24) is 4.98 Å². The van der Waals surface area contributed by atoms with Crippen molar-refractivity contribution in [2.75, 3.05) is 12.0 Å². The molecule has 2 aromatic heterocycles. The van der Waals surface area contributed by atoms with Crippen LogP contribution in [0.25, 0.3) is 11.0 Å². The number of carbonyl (C=O) groups excluding carboxylic acids is 2. The highest BCUT2D eigenvalue weighted by molar-refractivity contribution is 6.20. The highest BCUT2D eigenvalue weighted by atomic mass is 16.5. The predicted molar refractivity (Wildman–Crippen MR) is 118 cm³/mol. The zero-order valence-corrected chi connectivity index (χ0v) is 17.1. The van der Waals surface area contributed by atoms with Crippen molar-refractivity contribution in [3.8, 4) is 5.75 Å². The fourth-order valence-corrected chi connectivity index (χ4v) is 3.95. The van der Waals surface area contributed by atoms with E-state index in [2.05, 4.69) is 4.98 Å². The number of para-hydroxylation sites is 2. The molecule has 0 saturated heterocycles. The molecule has 0 aliphatic carbocycles. The minimum atomic E-state index is -0.909. The molecule has 7 nitrogen and oxygen atoms in total. The fraction of sp³-hybridized carbons (Fsp3) is 0.0800. The van der Waals surface area contributed by atoms with Gasteiger partial charge in [0.1, 0.15) is 6.04 Å². The maximum Gasteiger partial charge on any atom is 0.294 e. The van der Waals surface area contributed by atoms with E-state index < -0.39 is 23.5 Å². The Morgan fingerprint density at radius 2 is 1.84 bits per heavy atom. The maximum absolute atomic E-state index is 13.6. The molecule has 0 fully saturated rings. The summed E-state index contributed by atoms with van der Waals surface area (Å²) in [6.07, 6.45) is 1.58. The molecule has 32 heavy (non-hydrogen) atoms. The Balaban J connectivity index is 1.66. The van der Waals surface area contributed by atoms with E-state index in [0.29, 0.717) is 28.1 Å². The standard InChI is InChI=1S/C25H18N2O5/c1-31-18-12-7-8-15-14-19(32-24(15)18)22(28)20-21(17-11-5-6-13-26-17)27(25(30)23(20)29)16-9-3-2-4-10-16/h2-14,21,29H,1H3. The lowest BCUT2D eigenvalue weighted by molar-refractivity contribution is -0.117. The number of ketones is 1. The van der Waals surface area contributed by atoms with Gasteiger partial charge < -0.3 is 14.3 Å². The number of benzene rings is 2. The smallest absolute Gasteiger partial charge is 0.294 e. The molecule has 2 aromatic carbocycles. The summed E-state index contributed by atoms with van der Waals surface area (Å²) in [6.45, 7) is 0. The number of furan rings is 1. The molecule has 1 atom stereocenters. The van der Waals surface area contributed by atoms with Crippen molar-refractivity contribution in [2.24, 2.45) is 0 Å². The summed E-state index contributed by atoms with van der Waals surface area (Å²) in [7, 11) is 1.51. The van der Waals surface area contributed by atoms with Crippen LogP contribution in [0.2, 0.25) is 0 Å². The number of anilines is 1. The number of hydrogen-bond donors (Lipinski definition) is 1. The predicted octanol–water partition coefficient (Wildman–Crippen LogP) is 4.62. The van der Waals surface area contributed by atoms with Gasteiger partial charge in [-0.05, 0) is 36.4 Å². The van der Waals surface area contributed by atoms with Gasteiger partial charge in [0, 0.05) is 17.3 Å². The zero-order valence-electron chi connectivity index (χ0n) is 17.1. The quantitative estimate of drug-likeness (QED) is 0.468. The molecule has 1 aliphatic heterocycles. The molecule has 0 saturated carbocycles. The van der Waals surface area contributed by atoms with Gasteiger partial charge in [0.05, 0.1) is 18.4 Å². The number of hydrogen-bond acceptors (Lipinski definition) is 6. The molecular formula is C25H18N2O5. The van der Waals surface area contributed by atoms with E-state index in [1.807, 2.05) is 6.07 Å². The topological polar surface area (TPSA) is 92.9 Å². The molecule has 0 radical (unpaired) electrons. The third kappa shape index (κ3) is 3.02. The molecule has 7 heteroatoms. The molecule has 1 unspecified atom stereocenters. The number of carbonyl (C=O) groups is 2. The summed E-state index contributed by atoms with van der Waals surface area (Å²) in [4.78, 5) is 32.4. The molecule has 1 amide bonds. The van der Waals surface area contributed by atoms with E-state index in [1.165, 1.54) is 12.0 Å². The SMILES string of the molecule is COc1cccc2cc(C(=O)C3=C(O)C(=O)N(c4ccccc4)C3c3ccccn3)oc12. The number of ether oxygens (including phenoxy) is 1. The number of amides is 1. The Morgan fingerprint density at radius 3 is 2.56 bits per heavy atom. The monoisotopic (exact) mass is 426 g/mol. The molecule has 158 valence electrons. The normalized spacial score (nSPS) is 16.1. The van der Waals surface area contributed by atoms with E-state index >= 15 is 0 Å². The molecule has 0 bridgehead atoms. The Bertz CT molecular complexity index is 1360. The molecule has 0 spiro atoms. The molecule has 1 N–H and O–H groups in total. The number of aromatic nitrogens is 1. The summed E-state index contributed by atoms with van der Waals surface area (Å²) in [6, 6.07) is 20.0. The number of pyridine rings is 1. The second-order valence-corrected chi connectivity index (χ2v) is 7.25. The van der Waals surface area contributed by atoms with Crippen LogP contribution in [0.3, 0.4) is 0 Å². The fourth-order valence-electron chi connectivity index (χ4n) is 3.95. The van der Waals surface area contributed by atoms with Gasteiger partial charge in [0.15, 0.2) is 22.9 Å². The lowest BCUT2D eigenvalue weighted by atomic mass is 9.98. The van der Waals surface area contributed by atoms with Crippen molar-refractivity contribution in [3.05, 3.63) is 102 Å². The highest BCUT2D eigenvalue weighted by Gasteiger charge is 2.46. The van der Waals surface area contributed by atoms with Crippen LogP contribution in [0.1, 0.15) is 22.3 Å². The van der Waals surface area contributed by atoms with Crippen LogP contribution in [0.5, 0.6) is 5.75 Å². The van der Waals surface area contributed by atoms with Crippen LogP contribution in [-0.4, -0.2) is 28.9 Å². The van der Waals surface area contributed by atoms with Crippen LogP contribution >= 0.6 is 0 Å². The second kappa shape index (κ2) is 7.70. The van der Waals surface area contributed by atoms with Gasteiger partial charge in [-0.15, -0.1) is 0 Å². The van der Waals surface area contributed by atoms with Gasteiger partial charge in [0.2, 0.25) is 5.78 Å². The van der Waals surface area contributed by atoms with Gasteiger partial charge in [-0.2, -0.15) is 0 Å². The Hall–Kier alpha value is -4.39. The molecule has 3 heterocycles. The van der Waals surface area contributed by atoms with Crippen LogP contribution in [0.4, 0.5) is 5.69 Å². The van der Waals surface area contributed by atoms with Gasteiger partial charge in [-0.3, -0.25) is 19.5 Å². The van der Waals surface area contributed by atoms with Crippen LogP contribution in [-0.2, 0) is 4.79 Å². The van der Waals surface area contributed by atoms with Gasteiger partial charge in [0.25, 0.3) is 5.91 Å². The van der Waals surface area contributed by atoms with Crippen molar-refractivity contribution < 1.29 is 23.8 Å². The van der Waals surface area contributed by atoms with E-state index in [-0.39, 0.29) is 11.3 Å². The Morgan fingerprint density at radius 1 is 1.06 bits per heavy atom. The highest BCUT2D eigenvalue weighted by Crippen LogP contribution is 2.42. The number of methoxy groups -OCH3 is 1. The Kier molecular flexibility index (Phi) is 4.71. The maximum atomic E-state index is 13.6. The zero-order chi connectivity index (χ0) is 22.2. The van der Waals surface area contributed by atoms with Crippen LogP contribution in [0, 0.1) is 0 Å². The largest absolute Gasteiger partial charge is 0.503 e. The van der Waals surface area contributed by atoms with Crippen molar-refractivity contribution in [2.45, 2.75) is 6.04 Å². The first-order valence-electron chi connectivity index (χ1n) is 9.94. The van der Waals surface area contributed by atoms with Crippen molar-refractivity contribution in [3.63, 3.8) is 0 Å². The third-order valence-electron chi connectivity index (χ3n) is 5.41. The summed E-state index contributed by atoms with van der Waals surface area (Å²) in [5, 5.41) is 11.5. The molecule has 5 rings (SSSR count).